The van der Waals surface area contributed by atoms with Crippen LogP contribution in [-0.2, 0) is 27.8 Å². The Hall–Kier alpha value is -3.68. The Labute approximate surface area is 223 Å². The minimum Gasteiger partial charge on any atom is -0.497 e. The minimum atomic E-state index is -0.718. The predicted molar refractivity (Wildman–Crippen MR) is 144 cm³/mol. The van der Waals surface area contributed by atoms with Gasteiger partial charge in [0, 0.05) is 37.5 Å². The Balaban J connectivity index is 1.48. The zero-order chi connectivity index (χ0) is 27.0. The molecule has 2 aromatic carbocycles. The number of methoxy groups -OCH3 is 1. The van der Waals surface area contributed by atoms with Crippen LogP contribution in [0.15, 0.2) is 61.1 Å². The lowest BCUT2D eigenvalue weighted by atomic mass is 9.69. The van der Waals surface area contributed by atoms with Gasteiger partial charge in [0.15, 0.2) is 0 Å². The van der Waals surface area contributed by atoms with E-state index in [1.54, 1.807) is 30.6 Å². The number of imidazole rings is 1. The molecule has 0 radical (unpaired) electrons. The fraction of sp³-hybridized carbons (Fsp3) is 0.433. The molecule has 0 aliphatic carbocycles. The maximum absolute atomic E-state index is 14.8. The summed E-state index contributed by atoms with van der Waals surface area (Å²) >= 11 is 0. The van der Waals surface area contributed by atoms with Gasteiger partial charge in [0.25, 0.3) is 0 Å². The second-order valence-electron chi connectivity index (χ2n) is 10.1. The van der Waals surface area contributed by atoms with Gasteiger partial charge >= 0.3 is 0 Å². The van der Waals surface area contributed by atoms with Crippen molar-refractivity contribution in [1.29, 1.82) is 0 Å². The first-order valence-electron chi connectivity index (χ1n) is 13.4. The molecule has 2 N–H and O–H groups in total. The third-order valence-corrected chi connectivity index (χ3v) is 7.40. The first-order valence-corrected chi connectivity index (χ1v) is 13.4. The summed E-state index contributed by atoms with van der Waals surface area (Å²) in [5.41, 5.74) is 1.99. The zero-order valence-corrected chi connectivity index (χ0v) is 22.2. The Morgan fingerprint density at radius 3 is 2.58 bits per heavy atom. The Bertz CT molecular complexity index is 1190. The van der Waals surface area contributed by atoms with E-state index in [-0.39, 0.29) is 24.1 Å². The van der Waals surface area contributed by atoms with Gasteiger partial charge in [-0.1, -0.05) is 56.5 Å². The van der Waals surface area contributed by atoms with Gasteiger partial charge in [-0.15, -0.1) is 0 Å². The van der Waals surface area contributed by atoms with Gasteiger partial charge in [0.2, 0.25) is 11.8 Å². The number of nitrogens with one attached hydrogen (secondary N) is 2. The molecule has 1 fully saturated rings. The Morgan fingerprint density at radius 1 is 1.16 bits per heavy atom. The highest BCUT2D eigenvalue weighted by Gasteiger charge is 2.48. The van der Waals surface area contributed by atoms with E-state index >= 15 is 0 Å². The van der Waals surface area contributed by atoms with Crippen molar-refractivity contribution in [2.45, 2.75) is 63.3 Å². The number of H-pyrrole nitrogens is 1. The van der Waals surface area contributed by atoms with Gasteiger partial charge in [-0.2, -0.15) is 0 Å². The SMILES string of the molecule is CCCCCC1(c2ccccc2F)CN(C(=O)[C@@H](Cc2ccc(OC)cc2)NC(=O)CCc2c[nH]cn2)C1. The third-order valence-electron chi connectivity index (χ3n) is 7.40. The van der Waals surface area contributed by atoms with E-state index in [4.69, 9.17) is 4.74 Å². The molecule has 1 aliphatic rings. The Morgan fingerprint density at radius 2 is 1.92 bits per heavy atom. The molecule has 1 aromatic heterocycles. The molecule has 1 saturated heterocycles. The van der Waals surface area contributed by atoms with Crippen LogP contribution in [-0.4, -0.2) is 52.9 Å². The van der Waals surface area contributed by atoms with Crippen molar-refractivity contribution in [1.82, 2.24) is 20.2 Å². The van der Waals surface area contributed by atoms with Crippen molar-refractivity contribution >= 4 is 11.8 Å². The quantitative estimate of drug-likeness (QED) is 0.323. The molecule has 202 valence electrons. The van der Waals surface area contributed by atoms with E-state index in [2.05, 4.69) is 22.2 Å². The first kappa shape index (κ1) is 27.4. The molecule has 3 aromatic rings. The van der Waals surface area contributed by atoms with Gasteiger partial charge in [-0.05, 0) is 42.2 Å². The van der Waals surface area contributed by atoms with Crippen LogP contribution in [0.4, 0.5) is 4.39 Å². The predicted octanol–water partition coefficient (Wildman–Crippen LogP) is 4.58. The molecule has 8 heteroatoms. The van der Waals surface area contributed by atoms with Crippen LogP contribution in [0.2, 0.25) is 0 Å². The van der Waals surface area contributed by atoms with E-state index in [1.165, 1.54) is 6.07 Å². The van der Waals surface area contributed by atoms with Gasteiger partial charge in [0.1, 0.15) is 17.6 Å². The molecule has 0 saturated carbocycles. The van der Waals surface area contributed by atoms with E-state index < -0.39 is 11.5 Å². The number of ether oxygens (including phenoxy) is 1. The van der Waals surface area contributed by atoms with Crippen molar-refractivity contribution in [2.75, 3.05) is 20.2 Å². The largest absolute Gasteiger partial charge is 0.497 e. The number of rotatable bonds is 13. The van der Waals surface area contributed by atoms with Crippen LogP contribution in [0.5, 0.6) is 5.75 Å². The monoisotopic (exact) mass is 520 g/mol. The van der Waals surface area contributed by atoms with Gasteiger partial charge in [-0.25, -0.2) is 9.37 Å². The van der Waals surface area contributed by atoms with Crippen LogP contribution in [0.1, 0.15) is 55.8 Å². The van der Waals surface area contributed by atoms with Crippen LogP contribution in [0, 0.1) is 5.82 Å². The molecule has 2 amide bonds. The summed E-state index contributed by atoms with van der Waals surface area (Å²) in [4.78, 5) is 35.4. The number of nitrogens with zero attached hydrogens (tertiary/aromatic N) is 2. The molecule has 1 aliphatic heterocycles. The number of likely N-dealkylation sites (tertiary alicyclic amines) is 1. The number of amides is 2. The van der Waals surface area contributed by atoms with Crippen LogP contribution >= 0.6 is 0 Å². The summed E-state index contributed by atoms with van der Waals surface area (Å²) in [5.74, 6) is 0.154. The highest BCUT2D eigenvalue weighted by atomic mass is 19.1. The first-order chi connectivity index (χ1) is 18.4. The highest BCUT2D eigenvalue weighted by molar-refractivity contribution is 5.88. The second-order valence-corrected chi connectivity index (χ2v) is 10.1. The molecule has 7 nitrogen and oxygen atoms in total. The number of aromatic nitrogens is 2. The maximum atomic E-state index is 14.8. The number of hydrogen-bond donors (Lipinski definition) is 2. The minimum absolute atomic E-state index is 0.142. The highest BCUT2D eigenvalue weighted by Crippen LogP contribution is 2.41. The average molecular weight is 521 g/mol. The summed E-state index contributed by atoms with van der Waals surface area (Å²) < 4.78 is 20.1. The van der Waals surface area contributed by atoms with Crippen molar-refractivity contribution in [3.63, 3.8) is 0 Å². The molecule has 0 unspecified atom stereocenters. The van der Waals surface area contributed by atoms with Crippen molar-refractivity contribution < 1.29 is 18.7 Å². The number of carbonyl (C=O) groups excluding carboxylic acids is 2. The van der Waals surface area contributed by atoms with E-state index in [0.717, 1.165) is 42.7 Å². The number of benzene rings is 2. The summed E-state index contributed by atoms with van der Waals surface area (Å²) in [5, 5.41) is 2.96. The van der Waals surface area contributed by atoms with Crippen LogP contribution in [0.25, 0.3) is 0 Å². The third kappa shape index (κ3) is 6.60. The number of aromatic amines is 1. The lowest BCUT2D eigenvalue weighted by Gasteiger charge is -2.52. The number of hydrogen-bond acceptors (Lipinski definition) is 4. The standard InChI is InChI=1S/C30H37FN4O3/c1-3-4-7-16-30(25-8-5-6-9-26(25)31)19-35(20-30)29(37)27(17-22-10-13-24(38-2)14-11-22)34-28(36)15-12-23-18-32-21-33-23/h5-6,8-11,13-14,18,21,27H,3-4,7,12,15-17,19-20H2,1-2H3,(H,32,33)(H,34,36)/t27-/m1/s1. The summed E-state index contributed by atoms with van der Waals surface area (Å²) in [6.07, 6.45) is 8.35. The van der Waals surface area contributed by atoms with Crippen molar-refractivity contribution in [3.05, 3.63) is 83.7 Å². The molecule has 1 atom stereocenters. The summed E-state index contributed by atoms with van der Waals surface area (Å²) in [7, 11) is 1.60. The molecular weight excluding hydrogens is 483 g/mol. The van der Waals surface area contributed by atoms with E-state index in [1.807, 2.05) is 36.4 Å². The average Bonchev–Trinajstić information content (AvgIpc) is 3.43. The normalized spacial score (nSPS) is 15.0. The molecule has 4 rings (SSSR count). The van der Waals surface area contributed by atoms with Gasteiger partial charge in [-0.3, -0.25) is 9.59 Å². The molecule has 38 heavy (non-hydrogen) atoms. The zero-order valence-electron chi connectivity index (χ0n) is 22.2. The Kier molecular flexibility index (Phi) is 9.15. The fourth-order valence-corrected chi connectivity index (χ4v) is 5.26. The van der Waals surface area contributed by atoms with E-state index in [9.17, 15) is 14.0 Å². The lowest BCUT2D eigenvalue weighted by molar-refractivity contribution is -0.143. The molecule has 2 heterocycles. The van der Waals surface area contributed by atoms with Crippen LogP contribution < -0.4 is 10.1 Å². The van der Waals surface area contributed by atoms with Crippen LogP contribution in [0.3, 0.4) is 0 Å². The fourth-order valence-electron chi connectivity index (χ4n) is 5.26. The molecule has 0 spiro atoms. The topological polar surface area (TPSA) is 87.3 Å². The smallest absolute Gasteiger partial charge is 0.245 e. The van der Waals surface area contributed by atoms with Crippen molar-refractivity contribution in [2.24, 2.45) is 0 Å². The number of halogens is 1. The lowest BCUT2D eigenvalue weighted by Crippen LogP contribution is -2.65. The second kappa shape index (κ2) is 12.7. The number of aryl methyl sites for hydroxylation is 1. The maximum Gasteiger partial charge on any atom is 0.245 e. The van der Waals surface area contributed by atoms with E-state index in [0.29, 0.717) is 31.5 Å². The van der Waals surface area contributed by atoms with Gasteiger partial charge < -0.3 is 19.9 Å². The molecular formula is C30H37FN4O3. The van der Waals surface area contributed by atoms with Gasteiger partial charge in [0.05, 0.1) is 19.1 Å². The number of unbranched alkanes of at least 4 members (excludes halogenated alkanes) is 2. The molecule has 0 bridgehead atoms. The summed E-state index contributed by atoms with van der Waals surface area (Å²) in [6.45, 7) is 3.03. The summed E-state index contributed by atoms with van der Waals surface area (Å²) in [6, 6.07) is 13.7. The number of carbonyl (C=O) groups is 2. The van der Waals surface area contributed by atoms with Crippen molar-refractivity contribution in [3.8, 4) is 5.75 Å².